The monoisotopic (exact) mass is 168 g/mol. The van der Waals surface area contributed by atoms with Crippen molar-refractivity contribution in [3.05, 3.63) is 44.4 Å². The smallest absolute Gasteiger partial charge is 1.00 e. The molecule has 0 unspecified atom stereocenters. The van der Waals surface area contributed by atoms with Gasteiger partial charge in [0.1, 0.15) is 0 Å². The molecule has 0 aliphatic heterocycles. The molecule has 0 aliphatic carbocycles. The summed E-state index contributed by atoms with van der Waals surface area (Å²) >= 11 is 0. The molecule has 0 saturated heterocycles. The fourth-order valence-electron chi connectivity index (χ4n) is 0.236. The van der Waals surface area contributed by atoms with Gasteiger partial charge in [0.2, 0.25) is 0 Å². The molecule has 0 aromatic carbocycles. The van der Waals surface area contributed by atoms with Gasteiger partial charge >= 0.3 is 23.1 Å². The van der Waals surface area contributed by atoms with Gasteiger partial charge in [-0.05, 0) is 0 Å². The van der Waals surface area contributed by atoms with Crippen molar-refractivity contribution in [1.82, 2.24) is 0 Å². The van der Waals surface area contributed by atoms with E-state index in [2.05, 4.69) is 26.7 Å². The van der Waals surface area contributed by atoms with Gasteiger partial charge in [-0.15, -0.1) is 19.2 Å². The first-order valence-electron chi connectivity index (χ1n) is 2.41. The van der Waals surface area contributed by atoms with E-state index < -0.39 is 0 Å². The Labute approximate surface area is 86.7 Å². The van der Waals surface area contributed by atoms with Crippen LogP contribution in [0.15, 0.2) is 37.5 Å². The normalized spacial score (nSPS) is 6.10. The molecule has 0 heterocycles. The van der Waals surface area contributed by atoms with Crippen molar-refractivity contribution in [3.63, 3.8) is 0 Å². The average molecular weight is 169 g/mol. The molecule has 0 aromatic rings. The summed E-state index contributed by atoms with van der Waals surface area (Å²) in [5.74, 6) is 0. The first kappa shape index (κ1) is 22.5. The van der Waals surface area contributed by atoms with Crippen LogP contribution in [0.2, 0.25) is 0 Å². The summed E-state index contributed by atoms with van der Waals surface area (Å²) in [6, 6.07) is 0. The quantitative estimate of drug-likeness (QED) is 0.212. The second-order valence-electron chi connectivity index (χ2n) is 1.16. The summed E-state index contributed by atoms with van der Waals surface area (Å²) in [6.45, 7) is 15.0. The van der Waals surface area contributed by atoms with E-state index in [9.17, 15) is 0 Å². The predicted molar refractivity (Wildman–Crippen MR) is 46.3 cm³/mol. The van der Waals surface area contributed by atoms with Crippen LogP contribution in [0.5, 0.6) is 0 Å². The van der Waals surface area contributed by atoms with Crippen LogP contribution in [0.25, 0.3) is 0 Å². The Morgan fingerprint density at radius 2 is 1.70 bits per heavy atom. The maximum absolute atomic E-state index is 3.55. The maximum atomic E-state index is 3.55. The van der Waals surface area contributed by atoms with Gasteiger partial charge in [0.25, 0.3) is 0 Å². The molecule has 0 aromatic heterocycles. The third-order valence-electron chi connectivity index (χ3n) is 0.402. The van der Waals surface area contributed by atoms with E-state index in [4.69, 9.17) is 0 Å². The van der Waals surface area contributed by atoms with Gasteiger partial charge in [0.05, 0.1) is 0 Å². The van der Waals surface area contributed by atoms with Crippen molar-refractivity contribution in [1.29, 1.82) is 0 Å². The van der Waals surface area contributed by atoms with Crippen LogP contribution in [0, 0.1) is 6.92 Å². The molecule has 0 nitrogen and oxygen atoms in total. The van der Waals surface area contributed by atoms with E-state index in [0.29, 0.717) is 0 Å². The van der Waals surface area contributed by atoms with Crippen LogP contribution in [0.1, 0.15) is 6.92 Å². The zero-order valence-electron chi connectivity index (χ0n) is 6.57. The molecule has 10 heavy (non-hydrogen) atoms. The van der Waals surface area contributed by atoms with Gasteiger partial charge in [0.15, 0.2) is 0 Å². The zero-order valence-corrected chi connectivity index (χ0v) is 8.74. The minimum atomic E-state index is 0. The van der Waals surface area contributed by atoms with Crippen LogP contribution in [-0.2, 0) is 0 Å². The average Bonchev–Trinajstić information content (AvgIpc) is 1.72. The molecule has 0 atom stereocenters. The number of halogens is 1. The van der Waals surface area contributed by atoms with E-state index in [1.54, 1.807) is 0 Å². The van der Waals surface area contributed by atoms with Crippen LogP contribution in [0.4, 0.5) is 0 Å². The second-order valence-corrected chi connectivity index (χ2v) is 1.16. The van der Waals surface area contributed by atoms with Crippen LogP contribution >= 0.6 is 0 Å². The molecule has 0 amide bonds. The Hall–Kier alpha value is 0.146. The zero-order chi connectivity index (χ0) is 6.99. The van der Waals surface area contributed by atoms with Crippen molar-refractivity contribution in [3.8, 4) is 0 Å². The fraction of sp³-hybridized carbons (Fsp3) is 0.125. The van der Waals surface area contributed by atoms with Crippen molar-refractivity contribution in [2.75, 3.05) is 0 Å². The Morgan fingerprint density at radius 3 is 1.70 bits per heavy atom. The van der Waals surface area contributed by atoms with E-state index >= 15 is 0 Å². The van der Waals surface area contributed by atoms with E-state index in [-0.39, 0.29) is 35.5 Å². The summed E-state index contributed by atoms with van der Waals surface area (Å²) in [6.07, 6.45) is 3.77. The minimum absolute atomic E-state index is 0. The Bertz CT molecular complexity index is 87.3. The molecule has 0 aliphatic rings. The minimum Gasteiger partial charge on any atom is -1.00 e. The van der Waals surface area contributed by atoms with Gasteiger partial charge in [-0.1, -0.05) is 6.92 Å². The van der Waals surface area contributed by atoms with Crippen molar-refractivity contribution >= 4 is 23.1 Å². The molecular formula is C8H13ClMg. The number of rotatable bonds is 1. The second kappa shape index (κ2) is 22.9. The van der Waals surface area contributed by atoms with Crippen LogP contribution in [0.3, 0.4) is 0 Å². The SMILES string of the molecule is C=C.C=C([CH2-])/C=C\C.[Cl-].[Mg+2]. The third-order valence-corrected chi connectivity index (χ3v) is 0.402. The first-order valence-corrected chi connectivity index (χ1v) is 2.41. The third kappa shape index (κ3) is 42.0. The molecular weight excluding hydrogens is 156 g/mol. The Morgan fingerprint density at radius 1 is 1.40 bits per heavy atom. The number of hydrogen-bond donors (Lipinski definition) is 0. The standard InChI is InChI=1S/C6H9.C2H4.ClH.Mg/c1-4-5-6(2)3;1-2;;/h4-5H,2-3H2,1H3;1-2H2;1H;/q-1;;;+2/p-1/b5-4-;;;. The van der Waals surface area contributed by atoms with Gasteiger partial charge < -0.3 is 12.4 Å². The molecule has 0 N–H and O–H groups in total. The Kier molecular flexibility index (Phi) is 51.5. The predicted octanol–water partition coefficient (Wildman–Crippen LogP) is -0.622. The summed E-state index contributed by atoms with van der Waals surface area (Å²) < 4.78 is 0. The van der Waals surface area contributed by atoms with E-state index in [1.807, 2.05) is 19.1 Å². The molecule has 54 valence electrons. The largest absolute Gasteiger partial charge is 2.00 e. The molecule has 0 bridgehead atoms. The summed E-state index contributed by atoms with van der Waals surface area (Å²) in [4.78, 5) is 0. The molecule has 0 saturated carbocycles. The van der Waals surface area contributed by atoms with E-state index in [1.165, 1.54) is 0 Å². The van der Waals surface area contributed by atoms with Crippen LogP contribution < -0.4 is 12.4 Å². The van der Waals surface area contributed by atoms with Crippen molar-refractivity contribution < 1.29 is 12.4 Å². The maximum Gasteiger partial charge on any atom is 2.00 e. The summed E-state index contributed by atoms with van der Waals surface area (Å²) in [7, 11) is 0. The molecule has 2 heteroatoms. The van der Waals surface area contributed by atoms with Gasteiger partial charge in [0, 0.05) is 0 Å². The molecule has 0 spiro atoms. The topological polar surface area (TPSA) is 0 Å². The van der Waals surface area contributed by atoms with Gasteiger partial charge in [-0.2, -0.15) is 19.6 Å². The number of hydrogen-bond acceptors (Lipinski definition) is 0. The molecule has 0 rings (SSSR count). The van der Waals surface area contributed by atoms with Crippen molar-refractivity contribution in [2.24, 2.45) is 0 Å². The summed E-state index contributed by atoms with van der Waals surface area (Å²) in [5, 5.41) is 0. The first-order chi connectivity index (χ1) is 3.77. The Balaban J connectivity index is -0.0000000412. The van der Waals surface area contributed by atoms with Gasteiger partial charge in [-0.3, -0.25) is 0 Å². The fourth-order valence-corrected chi connectivity index (χ4v) is 0.236. The van der Waals surface area contributed by atoms with Crippen molar-refractivity contribution in [2.45, 2.75) is 6.92 Å². The van der Waals surface area contributed by atoms with E-state index in [0.717, 1.165) is 5.57 Å². The number of allylic oxidation sites excluding steroid dienone is 3. The van der Waals surface area contributed by atoms with Gasteiger partial charge in [-0.25, -0.2) is 5.57 Å². The summed E-state index contributed by atoms with van der Waals surface area (Å²) in [5.41, 5.74) is 0.859. The molecule has 0 fully saturated rings. The van der Waals surface area contributed by atoms with Crippen LogP contribution in [-0.4, -0.2) is 23.1 Å². The molecule has 0 radical (unpaired) electrons.